The first-order valence-corrected chi connectivity index (χ1v) is 12.4. The van der Waals surface area contributed by atoms with E-state index in [2.05, 4.69) is 36.8 Å². The Balaban J connectivity index is 1.34. The quantitative estimate of drug-likeness (QED) is 0.460. The zero-order valence-electron chi connectivity index (χ0n) is 18.4. The third kappa shape index (κ3) is 5.39. The summed E-state index contributed by atoms with van der Waals surface area (Å²) in [5.74, 6) is 0.502. The van der Waals surface area contributed by atoms with Crippen LogP contribution in [0.2, 0.25) is 0 Å². The summed E-state index contributed by atoms with van der Waals surface area (Å²) in [6.45, 7) is 5.65. The minimum Gasteiger partial charge on any atom is -0.346 e. The number of amides is 2. The molecule has 4 rings (SSSR count). The number of carbonyl (C=O) groups excluding carboxylic acids is 2. The van der Waals surface area contributed by atoms with Crippen LogP contribution in [0, 0.1) is 13.8 Å². The maximum atomic E-state index is 12.6. The van der Waals surface area contributed by atoms with Crippen molar-refractivity contribution in [3.05, 3.63) is 57.5 Å². The molecular weight excluding hydrogens is 442 g/mol. The Hall–Kier alpha value is -2.65. The number of nitrogens with zero attached hydrogens (tertiary/aromatic N) is 3. The normalized spacial score (nSPS) is 14.2. The van der Waals surface area contributed by atoms with E-state index in [-0.39, 0.29) is 23.6 Å². The van der Waals surface area contributed by atoms with Crippen molar-refractivity contribution in [1.29, 1.82) is 0 Å². The molecule has 1 saturated carbocycles. The van der Waals surface area contributed by atoms with Crippen molar-refractivity contribution < 1.29 is 9.59 Å². The Morgan fingerprint density at radius 2 is 1.94 bits per heavy atom. The second kappa shape index (κ2) is 9.87. The summed E-state index contributed by atoms with van der Waals surface area (Å²) in [6.07, 6.45) is 2.98. The highest BCUT2D eigenvalue weighted by molar-refractivity contribution is 8.00. The van der Waals surface area contributed by atoms with E-state index in [9.17, 15) is 9.59 Å². The fraction of sp³-hybridized carbons (Fsp3) is 0.391. The van der Waals surface area contributed by atoms with E-state index in [1.165, 1.54) is 16.6 Å². The van der Waals surface area contributed by atoms with Gasteiger partial charge in [0.05, 0.1) is 11.8 Å². The SMILES string of the molecule is Cc1cccc(C)c1NC(=O)CNC(=O)C(C)Sc1nnc(Cc2cccs2)n1C1CC1. The summed E-state index contributed by atoms with van der Waals surface area (Å²) in [5.41, 5.74) is 2.78. The van der Waals surface area contributed by atoms with Crippen molar-refractivity contribution in [3.63, 3.8) is 0 Å². The largest absolute Gasteiger partial charge is 0.346 e. The first-order chi connectivity index (χ1) is 15.4. The van der Waals surface area contributed by atoms with Gasteiger partial charge >= 0.3 is 0 Å². The standard InChI is InChI=1S/C23H27N5O2S2/c1-14-6-4-7-15(2)21(14)25-20(29)13-24-22(30)16(3)32-23-27-26-19(28(23)17-9-10-17)12-18-8-5-11-31-18/h4-8,11,16-17H,9-10,12-13H2,1-3H3,(H,24,30)(H,25,29). The Kier molecular flexibility index (Phi) is 6.95. The molecule has 2 heterocycles. The zero-order valence-corrected chi connectivity index (χ0v) is 20.1. The van der Waals surface area contributed by atoms with Crippen molar-refractivity contribution in [3.8, 4) is 0 Å². The molecule has 168 valence electrons. The number of para-hydroxylation sites is 1. The van der Waals surface area contributed by atoms with Gasteiger partial charge in [0.15, 0.2) is 5.16 Å². The van der Waals surface area contributed by atoms with Gasteiger partial charge in [-0.15, -0.1) is 21.5 Å². The van der Waals surface area contributed by atoms with Crippen LogP contribution in [0.1, 0.15) is 47.6 Å². The number of aryl methyl sites for hydroxylation is 2. The van der Waals surface area contributed by atoms with Crippen molar-refractivity contribution in [2.75, 3.05) is 11.9 Å². The number of nitrogens with one attached hydrogen (secondary N) is 2. The second-order valence-electron chi connectivity index (χ2n) is 8.05. The third-order valence-electron chi connectivity index (χ3n) is 5.38. The lowest BCUT2D eigenvalue weighted by atomic mass is 10.1. The molecule has 0 radical (unpaired) electrons. The van der Waals surface area contributed by atoms with Crippen LogP contribution in [0.25, 0.3) is 0 Å². The highest BCUT2D eigenvalue weighted by Crippen LogP contribution is 2.40. The number of thiophene rings is 1. The fourth-order valence-corrected chi connectivity index (χ4v) is 5.16. The molecule has 32 heavy (non-hydrogen) atoms. The lowest BCUT2D eigenvalue weighted by Crippen LogP contribution is -2.37. The van der Waals surface area contributed by atoms with Crippen LogP contribution in [0.3, 0.4) is 0 Å². The molecule has 1 atom stereocenters. The first-order valence-electron chi connectivity index (χ1n) is 10.7. The molecular formula is C23H27N5O2S2. The lowest BCUT2D eigenvalue weighted by Gasteiger charge is -2.14. The Morgan fingerprint density at radius 1 is 1.19 bits per heavy atom. The van der Waals surface area contributed by atoms with E-state index in [0.717, 1.165) is 47.1 Å². The van der Waals surface area contributed by atoms with Gasteiger partial charge in [0, 0.05) is 23.0 Å². The van der Waals surface area contributed by atoms with Crippen molar-refractivity contribution in [2.45, 2.75) is 56.5 Å². The topological polar surface area (TPSA) is 88.9 Å². The number of hydrogen-bond donors (Lipinski definition) is 2. The summed E-state index contributed by atoms with van der Waals surface area (Å²) in [6, 6.07) is 10.4. The highest BCUT2D eigenvalue weighted by Gasteiger charge is 2.31. The molecule has 1 aliphatic rings. The van der Waals surface area contributed by atoms with Gasteiger partial charge in [-0.3, -0.25) is 9.59 Å². The monoisotopic (exact) mass is 469 g/mol. The molecule has 0 aliphatic heterocycles. The molecule has 2 N–H and O–H groups in total. The van der Waals surface area contributed by atoms with Crippen molar-refractivity contribution in [1.82, 2.24) is 20.1 Å². The summed E-state index contributed by atoms with van der Waals surface area (Å²) in [5, 5.41) is 16.8. The molecule has 7 nitrogen and oxygen atoms in total. The molecule has 1 fully saturated rings. The third-order valence-corrected chi connectivity index (χ3v) is 7.31. The molecule has 0 saturated heterocycles. The molecule has 1 aliphatic carbocycles. The van der Waals surface area contributed by atoms with Gasteiger partial charge in [0.25, 0.3) is 0 Å². The molecule has 2 amide bonds. The van der Waals surface area contributed by atoms with Crippen LogP contribution in [0.5, 0.6) is 0 Å². The smallest absolute Gasteiger partial charge is 0.243 e. The van der Waals surface area contributed by atoms with Gasteiger partial charge in [-0.25, -0.2) is 0 Å². The van der Waals surface area contributed by atoms with Gasteiger partial charge in [-0.05, 0) is 56.2 Å². The molecule has 0 spiro atoms. The fourth-order valence-electron chi connectivity index (χ4n) is 3.49. The van der Waals surface area contributed by atoms with Gasteiger partial charge in [-0.1, -0.05) is 36.0 Å². The van der Waals surface area contributed by atoms with Crippen LogP contribution >= 0.6 is 23.1 Å². The predicted molar refractivity (Wildman–Crippen MR) is 128 cm³/mol. The maximum absolute atomic E-state index is 12.6. The van der Waals surface area contributed by atoms with Gasteiger partial charge in [0.1, 0.15) is 5.82 Å². The number of aromatic nitrogens is 3. The van der Waals surface area contributed by atoms with E-state index >= 15 is 0 Å². The number of thioether (sulfide) groups is 1. The predicted octanol–water partition coefficient (Wildman–Crippen LogP) is 4.12. The van der Waals surface area contributed by atoms with Crippen LogP contribution < -0.4 is 10.6 Å². The first kappa shape index (κ1) is 22.5. The summed E-state index contributed by atoms with van der Waals surface area (Å²) in [7, 11) is 0. The van der Waals surface area contributed by atoms with Crippen molar-refractivity contribution >= 4 is 40.6 Å². The number of anilines is 1. The van der Waals surface area contributed by atoms with Crippen LogP contribution in [0.4, 0.5) is 5.69 Å². The number of carbonyl (C=O) groups is 2. The minimum atomic E-state index is -0.390. The average Bonchev–Trinajstić information content (AvgIpc) is 3.32. The molecule has 3 aromatic rings. The lowest BCUT2D eigenvalue weighted by molar-refractivity contribution is -0.123. The summed E-state index contributed by atoms with van der Waals surface area (Å²) in [4.78, 5) is 26.2. The van der Waals surface area contributed by atoms with E-state index < -0.39 is 0 Å². The Labute approximate surface area is 196 Å². The summed E-state index contributed by atoms with van der Waals surface area (Å²) < 4.78 is 2.18. The average molecular weight is 470 g/mol. The van der Waals surface area contributed by atoms with Gasteiger partial charge in [0.2, 0.25) is 11.8 Å². The highest BCUT2D eigenvalue weighted by atomic mass is 32.2. The van der Waals surface area contributed by atoms with Gasteiger partial charge in [-0.2, -0.15) is 0 Å². The maximum Gasteiger partial charge on any atom is 0.243 e. The zero-order chi connectivity index (χ0) is 22.7. The number of hydrogen-bond acceptors (Lipinski definition) is 6. The van der Waals surface area contributed by atoms with Gasteiger partial charge < -0.3 is 15.2 Å². The molecule has 9 heteroatoms. The molecule has 1 aromatic carbocycles. The van der Waals surface area contributed by atoms with Crippen LogP contribution in [-0.2, 0) is 16.0 Å². The van der Waals surface area contributed by atoms with E-state index in [0.29, 0.717) is 6.04 Å². The molecule has 0 bridgehead atoms. The Morgan fingerprint density at radius 3 is 2.59 bits per heavy atom. The second-order valence-corrected chi connectivity index (χ2v) is 10.4. The number of rotatable bonds is 9. The van der Waals surface area contributed by atoms with E-state index in [4.69, 9.17) is 0 Å². The van der Waals surface area contributed by atoms with E-state index in [1.54, 1.807) is 11.3 Å². The van der Waals surface area contributed by atoms with E-state index in [1.807, 2.05) is 45.0 Å². The number of benzene rings is 1. The van der Waals surface area contributed by atoms with Crippen LogP contribution in [0.15, 0.2) is 40.9 Å². The van der Waals surface area contributed by atoms with Crippen molar-refractivity contribution in [2.24, 2.45) is 0 Å². The Bertz CT molecular complexity index is 1090. The summed E-state index contributed by atoms with van der Waals surface area (Å²) >= 11 is 3.10. The molecule has 2 aromatic heterocycles. The minimum absolute atomic E-state index is 0.0730. The van der Waals surface area contributed by atoms with Crippen LogP contribution in [-0.4, -0.2) is 38.4 Å². The molecule has 1 unspecified atom stereocenters.